The number of nitro groups is 1. The molecule has 0 saturated carbocycles. The molecule has 0 fully saturated rings. The highest BCUT2D eigenvalue weighted by Gasteiger charge is 2.17. The van der Waals surface area contributed by atoms with Crippen LogP contribution >= 0.6 is 0 Å². The van der Waals surface area contributed by atoms with E-state index >= 15 is 0 Å². The van der Waals surface area contributed by atoms with Crippen LogP contribution in [0.5, 0.6) is 0 Å². The summed E-state index contributed by atoms with van der Waals surface area (Å²) < 4.78 is 17.5. The highest BCUT2D eigenvalue weighted by molar-refractivity contribution is 5.75. The van der Waals surface area contributed by atoms with Crippen molar-refractivity contribution >= 4 is 11.7 Å². The van der Waals surface area contributed by atoms with Crippen molar-refractivity contribution in [3.05, 3.63) is 39.7 Å². The van der Waals surface area contributed by atoms with Gasteiger partial charge < -0.3 is 10.1 Å². The number of halogens is 1. The number of carbonyl (C=O) groups is 1. The number of rotatable bonds is 5. The predicted molar refractivity (Wildman–Crippen MR) is 61.4 cm³/mol. The van der Waals surface area contributed by atoms with Gasteiger partial charge in [-0.3, -0.25) is 14.9 Å². The van der Waals surface area contributed by atoms with E-state index in [0.717, 1.165) is 18.2 Å². The van der Waals surface area contributed by atoms with E-state index in [4.69, 9.17) is 0 Å². The van der Waals surface area contributed by atoms with Gasteiger partial charge in [0.05, 0.1) is 12.0 Å². The Kier molecular flexibility index (Phi) is 4.73. The van der Waals surface area contributed by atoms with Crippen molar-refractivity contribution in [2.45, 2.75) is 19.5 Å². The topological polar surface area (TPSA) is 81.5 Å². The Balaban J connectivity index is 2.80. The van der Waals surface area contributed by atoms with E-state index < -0.39 is 22.8 Å². The van der Waals surface area contributed by atoms with Gasteiger partial charge in [-0.1, -0.05) is 0 Å². The molecule has 1 atom stereocenters. The Hall–Kier alpha value is -2.02. The van der Waals surface area contributed by atoms with Crippen molar-refractivity contribution < 1.29 is 18.8 Å². The highest BCUT2D eigenvalue weighted by atomic mass is 18.2. The van der Waals surface area contributed by atoms with Gasteiger partial charge in [-0.25, -0.2) is 4.39 Å². The van der Waals surface area contributed by atoms with Crippen molar-refractivity contribution in [3.8, 4) is 0 Å². The molecule has 0 aliphatic carbocycles. The normalized spacial score (nSPS) is 11.9. The summed E-state index contributed by atoms with van der Waals surface area (Å²) in [6.07, 6.45) is 0. The zero-order valence-corrected chi connectivity index (χ0v) is 9.97. The second-order valence-electron chi connectivity index (χ2n) is 3.66. The van der Waals surface area contributed by atoms with Crippen molar-refractivity contribution in [1.82, 2.24) is 5.32 Å². The zero-order valence-electron chi connectivity index (χ0n) is 9.97. The lowest BCUT2D eigenvalue weighted by molar-refractivity contribution is -0.385. The number of nitrogens with one attached hydrogen (secondary N) is 1. The number of ether oxygens (including phenoxy) is 1. The molecule has 1 rings (SSSR count). The number of nitrogens with zero attached hydrogens (tertiary/aromatic N) is 1. The average molecular weight is 255 g/mol. The van der Waals surface area contributed by atoms with Gasteiger partial charge in [0.15, 0.2) is 0 Å². The van der Waals surface area contributed by atoms with E-state index in [-0.39, 0.29) is 17.8 Å². The summed E-state index contributed by atoms with van der Waals surface area (Å²) in [5, 5.41) is 13.5. The van der Waals surface area contributed by atoms with Gasteiger partial charge in [-0.2, -0.15) is 0 Å². The quantitative estimate of drug-likeness (QED) is 0.488. The molecule has 18 heavy (non-hydrogen) atoms. The molecule has 0 bridgehead atoms. The molecule has 0 spiro atoms. The third kappa shape index (κ3) is 3.49. The number of hydrogen-bond acceptors (Lipinski definition) is 5. The van der Waals surface area contributed by atoms with Crippen molar-refractivity contribution in [1.29, 1.82) is 0 Å². The zero-order chi connectivity index (χ0) is 13.7. The molecule has 0 aliphatic rings. The van der Waals surface area contributed by atoms with Crippen molar-refractivity contribution in [3.63, 3.8) is 0 Å². The summed E-state index contributed by atoms with van der Waals surface area (Å²) >= 11 is 0. The average Bonchev–Trinajstić information content (AvgIpc) is 2.34. The monoisotopic (exact) mass is 255 g/mol. The highest BCUT2D eigenvalue weighted by Crippen LogP contribution is 2.19. The predicted octanol–water partition coefficient (Wildman–Crippen LogP) is 1.38. The van der Waals surface area contributed by atoms with Crippen LogP contribution in [-0.4, -0.2) is 24.0 Å². The standard InChI is InChI=1S/C11H13FN2O4/c1-7(11(15)18-2)13-6-8-5-9(12)3-4-10(8)14(16)17/h3-5,7,13H,6H2,1-2H3/t7-/m0/s1/i12-1. The molecule has 7 heteroatoms. The van der Waals surface area contributed by atoms with E-state index in [0.29, 0.717) is 0 Å². The molecule has 1 aromatic carbocycles. The summed E-state index contributed by atoms with van der Waals surface area (Å²) in [7, 11) is 1.24. The fourth-order valence-electron chi connectivity index (χ4n) is 1.40. The number of carbonyl (C=O) groups excluding carboxylic acids is 1. The van der Waals surface area contributed by atoms with Crippen LogP contribution in [-0.2, 0) is 16.1 Å². The van der Waals surface area contributed by atoms with Crippen LogP contribution in [0.15, 0.2) is 18.2 Å². The molecule has 6 nitrogen and oxygen atoms in total. The molecule has 1 N–H and O–H groups in total. The summed E-state index contributed by atoms with van der Waals surface area (Å²) in [5.74, 6) is -1.06. The van der Waals surface area contributed by atoms with Crippen LogP contribution in [0.3, 0.4) is 0 Å². The van der Waals surface area contributed by atoms with Crippen LogP contribution in [0.2, 0.25) is 0 Å². The van der Waals surface area contributed by atoms with Crippen LogP contribution in [0.1, 0.15) is 12.5 Å². The Labute approximate surface area is 103 Å². The van der Waals surface area contributed by atoms with Crippen molar-refractivity contribution in [2.24, 2.45) is 0 Å². The lowest BCUT2D eigenvalue weighted by atomic mass is 10.1. The van der Waals surface area contributed by atoms with E-state index in [2.05, 4.69) is 10.1 Å². The third-order valence-corrected chi connectivity index (χ3v) is 2.39. The molecule has 0 heterocycles. The molecule has 98 valence electrons. The fraction of sp³-hybridized carbons (Fsp3) is 0.364. The summed E-state index contributed by atoms with van der Waals surface area (Å²) in [5.41, 5.74) is -0.0169. The Bertz CT molecular complexity index is 464. The smallest absolute Gasteiger partial charge is 0.322 e. The second-order valence-corrected chi connectivity index (χ2v) is 3.66. The Morgan fingerprint density at radius 3 is 2.83 bits per heavy atom. The molecule has 0 aromatic heterocycles. The molecule has 0 aliphatic heterocycles. The second kappa shape index (κ2) is 6.06. The lowest BCUT2D eigenvalue weighted by Gasteiger charge is -2.11. The van der Waals surface area contributed by atoms with Gasteiger partial charge >= 0.3 is 5.97 Å². The summed E-state index contributed by atoms with van der Waals surface area (Å²) in [6, 6.07) is 2.55. The van der Waals surface area contributed by atoms with Crippen molar-refractivity contribution in [2.75, 3.05) is 7.11 Å². The maximum Gasteiger partial charge on any atom is 0.322 e. The van der Waals surface area contributed by atoms with Crippen LogP contribution in [0.25, 0.3) is 0 Å². The first-order valence-electron chi connectivity index (χ1n) is 5.19. The molecule has 0 amide bonds. The first kappa shape index (κ1) is 14.0. The van der Waals surface area contributed by atoms with Gasteiger partial charge in [0.2, 0.25) is 0 Å². The maximum absolute atomic E-state index is 13.0. The Morgan fingerprint density at radius 1 is 1.61 bits per heavy atom. The first-order chi connectivity index (χ1) is 8.45. The fourth-order valence-corrected chi connectivity index (χ4v) is 1.40. The molecule has 0 radical (unpaired) electrons. The molecular formula is C11H13FN2O4. The van der Waals surface area contributed by atoms with Gasteiger partial charge in [0.1, 0.15) is 11.9 Å². The first-order valence-corrected chi connectivity index (χ1v) is 5.19. The van der Waals surface area contributed by atoms with Gasteiger partial charge in [-0.05, 0) is 19.1 Å². The van der Waals surface area contributed by atoms with Crippen LogP contribution < -0.4 is 5.32 Å². The van der Waals surface area contributed by atoms with Gasteiger partial charge in [0.25, 0.3) is 5.69 Å². The van der Waals surface area contributed by atoms with E-state index in [1.165, 1.54) is 7.11 Å². The van der Waals surface area contributed by atoms with Gasteiger partial charge in [0, 0.05) is 18.2 Å². The van der Waals surface area contributed by atoms with E-state index in [1.54, 1.807) is 6.92 Å². The van der Waals surface area contributed by atoms with E-state index in [1.807, 2.05) is 0 Å². The summed E-state index contributed by atoms with van der Waals surface area (Å²) in [4.78, 5) is 21.3. The minimum Gasteiger partial charge on any atom is -0.468 e. The number of nitro benzene ring substituents is 1. The van der Waals surface area contributed by atoms with E-state index in [9.17, 15) is 19.3 Å². The molecule has 0 saturated heterocycles. The minimum absolute atomic E-state index is 0.00431. The lowest BCUT2D eigenvalue weighted by Crippen LogP contribution is -2.34. The summed E-state index contributed by atoms with van der Waals surface area (Å²) in [6.45, 7) is 1.56. The van der Waals surface area contributed by atoms with Crippen LogP contribution in [0, 0.1) is 15.9 Å². The molecule has 0 unspecified atom stereocenters. The largest absolute Gasteiger partial charge is 0.468 e. The number of hydrogen-bond donors (Lipinski definition) is 1. The maximum atomic E-state index is 13.0. The number of methoxy groups -OCH3 is 1. The number of benzene rings is 1. The minimum atomic E-state index is -0.627. The SMILES string of the molecule is COC(=O)[C@H](C)NCc1cc([18F])ccc1[N+](=O)[O-]. The molecular weight excluding hydrogens is 242 g/mol. The Morgan fingerprint density at radius 2 is 2.28 bits per heavy atom. The number of esters is 1. The molecule has 1 aromatic rings. The third-order valence-electron chi connectivity index (χ3n) is 2.39. The van der Waals surface area contributed by atoms with Gasteiger partial charge in [-0.15, -0.1) is 0 Å². The van der Waals surface area contributed by atoms with Crippen LogP contribution in [0.4, 0.5) is 10.1 Å².